The van der Waals surface area contributed by atoms with Crippen LogP contribution in [-0.4, -0.2) is 29.4 Å². The molecular weight excluding hydrogens is 399 g/mol. The van der Waals surface area contributed by atoms with Gasteiger partial charge in [-0.1, -0.05) is 104 Å². The fourth-order valence-electron chi connectivity index (χ4n) is 3.63. The van der Waals surface area contributed by atoms with Gasteiger partial charge in [0.25, 0.3) is 0 Å². The number of rotatable bonds is 20. The summed E-state index contributed by atoms with van der Waals surface area (Å²) < 4.78 is 33.8. The zero-order valence-electron chi connectivity index (χ0n) is 19.0. The summed E-state index contributed by atoms with van der Waals surface area (Å²) in [5.41, 5.74) is 0. The van der Waals surface area contributed by atoms with Crippen LogP contribution >= 0.6 is 0 Å². The maximum absolute atomic E-state index is 11.3. The van der Waals surface area contributed by atoms with Crippen molar-refractivity contribution >= 4 is 10.1 Å². The molecule has 2 unspecified atom stereocenters. The first kappa shape index (κ1) is 31.7. The average Bonchev–Trinajstić information content (AvgIpc) is 2.61. The summed E-state index contributed by atoms with van der Waals surface area (Å²) in [6.45, 7) is 4.24. The first-order valence-corrected chi connectivity index (χ1v) is 13.0. The van der Waals surface area contributed by atoms with Crippen LogP contribution in [0.25, 0.3) is 0 Å². The summed E-state index contributed by atoms with van der Waals surface area (Å²) in [6, 6.07) is 0. The molecule has 0 aliphatic heterocycles. The van der Waals surface area contributed by atoms with Crippen LogP contribution in [0.15, 0.2) is 0 Å². The van der Waals surface area contributed by atoms with Crippen LogP contribution in [0.1, 0.15) is 129 Å². The van der Waals surface area contributed by atoms with Crippen LogP contribution in [0.3, 0.4) is 0 Å². The van der Waals surface area contributed by atoms with Gasteiger partial charge in [-0.15, -0.1) is 0 Å². The van der Waals surface area contributed by atoms with E-state index in [4.69, 9.17) is 0 Å². The standard InChI is InChI=1S/C22H46O4S.K/c1-3-5-7-8-9-11-14-17-21(23)18-15-12-10-13-16-20-22(19-6-4-2)27(24,25)26;/h21-23H,3-20H2,1-2H3,(H,24,25,26);/q;+1/p-1. The van der Waals surface area contributed by atoms with Crippen molar-refractivity contribution in [1.29, 1.82) is 0 Å². The minimum atomic E-state index is -4.15. The summed E-state index contributed by atoms with van der Waals surface area (Å²) in [6.07, 6.45) is 18.3. The quantitative estimate of drug-likeness (QED) is 0.177. The molecule has 6 heteroatoms. The van der Waals surface area contributed by atoms with Gasteiger partial charge in [-0.05, 0) is 25.7 Å². The number of aliphatic hydroxyl groups is 1. The molecule has 0 aromatic heterocycles. The van der Waals surface area contributed by atoms with Gasteiger partial charge in [0.2, 0.25) is 0 Å². The Kier molecular flexibility index (Phi) is 24.6. The van der Waals surface area contributed by atoms with Crippen LogP contribution in [0.4, 0.5) is 0 Å². The van der Waals surface area contributed by atoms with E-state index in [0.29, 0.717) is 12.8 Å². The van der Waals surface area contributed by atoms with Crippen molar-refractivity contribution in [3.05, 3.63) is 0 Å². The predicted molar refractivity (Wildman–Crippen MR) is 114 cm³/mol. The van der Waals surface area contributed by atoms with Gasteiger partial charge in [0.15, 0.2) is 0 Å². The molecule has 0 heterocycles. The van der Waals surface area contributed by atoms with Gasteiger partial charge >= 0.3 is 51.4 Å². The topological polar surface area (TPSA) is 77.4 Å². The fourth-order valence-corrected chi connectivity index (χ4v) is 4.54. The minimum Gasteiger partial charge on any atom is -0.748 e. The molecule has 0 fully saturated rings. The van der Waals surface area contributed by atoms with Crippen molar-refractivity contribution in [2.24, 2.45) is 0 Å². The third kappa shape index (κ3) is 20.8. The molecular formula is C22H45KO4S. The molecule has 0 radical (unpaired) electrons. The van der Waals surface area contributed by atoms with E-state index in [1.807, 2.05) is 6.92 Å². The molecule has 164 valence electrons. The Bertz CT molecular complexity index is 415. The van der Waals surface area contributed by atoms with Crippen molar-refractivity contribution in [2.45, 2.75) is 141 Å². The predicted octanol–water partition coefficient (Wildman–Crippen LogP) is 3.33. The summed E-state index contributed by atoms with van der Waals surface area (Å²) in [5, 5.41) is 9.34. The Morgan fingerprint density at radius 1 is 0.643 bits per heavy atom. The van der Waals surface area contributed by atoms with Crippen molar-refractivity contribution in [3.8, 4) is 0 Å². The van der Waals surface area contributed by atoms with Crippen molar-refractivity contribution in [1.82, 2.24) is 0 Å². The Hall–Kier alpha value is 1.51. The van der Waals surface area contributed by atoms with Gasteiger partial charge in [0.1, 0.15) is 0 Å². The maximum atomic E-state index is 11.3. The summed E-state index contributed by atoms with van der Waals surface area (Å²) >= 11 is 0. The van der Waals surface area contributed by atoms with E-state index in [-0.39, 0.29) is 57.5 Å². The average molecular weight is 445 g/mol. The fraction of sp³-hybridized carbons (Fsp3) is 1.00. The van der Waals surface area contributed by atoms with Crippen LogP contribution in [-0.2, 0) is 10.1 Å². The molecule has 1 N–H and O–H groups in total. The molecule has 0 amide bonds. The number of aliphatic hydroxyl groups excluding tert-OH is 1. The molecule has 0 spiro atoms. The van der Waals surface area contributed by atoms with E-state index in [1.54, 1.807) is 0 Å². The third-order valence-electron chi connectivity index (χ3n) is 5.49. The minimum absolute atomic E-state index is 0. The van der Waals surface area contributed by atoms with Crippen molar-refractivity contribution in [2.75, 3.05) is 0 Å². The molecule has 0 bridgehead atoms. The molecule has 0 rings (SSSR count). The molecule has 0 saturated carbocycles. The monoisotopic (exact) mass is 444 g/mol. The Balaban J connectivity index is 0. The van der Waals surface area contributed by atoms with E-state index in [2.05, 4.69) is 6.92 Å². The van der Waals surface area contributed by atoms with E-state index in [9.17, 15) is 18.1 Å². The van der Waals surface area contributed by atoms with Crippen LogP contribution in [0, 0.1) is 0 Å². The van der Waals surface area contributed by atoms with E-state index in [1.165, 1.54) is 38.5 Å². The Labute approximate surface area is 218 Å². The second-order valence-electron chi connectivity index (χ2n) is 8.17. The van der Waals surface area contributed by atoms with Gasteiger partial charge in [0, 0.05) is 5.25 Å². The second-order valence-corrected chi connectivity index (χ2v) is 9.82. The second kappa shape index (κ2) is 21.7. The summed E-state index contributed by atoms with van der Waals surface area (Å²) in [4.78, 5) is 0. The van der Waals surface area contributed by atoms with Crippen LogP contribution in [0.5, 0.6) is 0 Å². The van der Waals surface area contributed by atoms with Gasteiger partial charge < -0.3 is 9.66 Å². The molecule has 2 atom stereocenters. The largest absolute Gasteiger partial charge is 1.00 e. The number of unbranched alkanes of at least 4 members (excludes halogenated alkanes) is 11. The van der Waals surface area contributed by atoms with E-state index < -0.39 is 15.4 Å². The normalized spacial score (nSPS) is 13.9. The van der Waals surface area contributed by atoms with Gasteiger partial charge in [-0.3, -0.25) is 0 Å². The molecule has 0 saturated heterocycles. The first-order chi connectivity index (χ1) is 12.9. The van der Waals surface area contributed by atoms with E-state index >= 15 is 0 Å². The number of hydrogen-bond donors (Lipinski definition) is 1. The van der Waals surface area contributed by atoms with E-state index in [0.717, 1.165) is 64.2 Å². The zero-order chi connectivity index (χ0) is 20.4. The van der Waals surface area contributed by atoms with Crippen molar-refractivity contribution in [3.63, 3.8) is 0 Å². The molecule has 0 aromatic carbocycles. The first-order valence-electron chi connectivity index (χ1n) is 11.5. The molecule has 0 aliphatic carbocycles. The molecule has 4 nitrogen and oxygen atoms in total. The SMILES string of the molecule is CCCCCCCCCC(O)CCCCCCCC(CCCC)S(=O)(=O)[O-].[K+]. The molecule has 0 aliphatic rings. The maximum Gasteiger partial charge on any atom is 1.00 e. The number of hydrogen-bond acceptors (Lipinski definition) is 4. The van der Waals surface area contributed by atoms with Crippen LogP contribution < -0.4 is 51.4 Å². The smallest absolute Gasteiger partial charge is 0.748 e. The molecule has 0 aromatic rings. The van der Waals surface area contributed by atoms with Gasteiger partial charge in [-0.2, -0.15) is 0 Å². The summed E-state index contributed by atoms with van der Waals surface area (Å²) in [5.74, 6) is 0. The van der Waals surface area contributed by atoms with Crippen LogP contribution in [0.2, 0.25) is 0 Å². The molecule has 28 heavy (non-hydrogen) atoms. The third-order valence-corrected chi connectivity index (χ3v) is 6.78. The zero-order valence-corrected chi connectivity index (χ0v) is 22.9. The van der Waals surface area contributed by atoms with Crippen molar-refractivity contribution < 1.29 is 69.5 Å². The Morgan fingerprint density at radius 2 is 1.00 bits per heavy atom. The van der Waals surface area contributed by atoms with Gasteiger partial charge in [-0.25, -0.2) is 8.42 Å². The Morgan fingerprint density at radius 3 is 1.43 bits per heavy atom. The summed E-state index contributed by atoms with van der Waals surface area (Å²) in [7, 11) is -4.15. The van der Waals surface area contributed by atoms with Gasteiger partial charge in [0.05, 0.1) is 16.2 Å².